The Morgan fingerprint density at radius 2 is 2.11 bits per heavy atom. The van der Waals surface area contributed by atoms with Crippen LogP contribution in [0.5, 0.6) is 0 Å². The molecular weight excluding hydrogens is 354 g/mol. The van der Waals surface area contributed by atoms with E-state index in [-0.39, 0.29) is 0 Å². The summed E-state index contributed by atoms with van der Waals surface area (Å²) < 4.78 is 7.72. The predicted octanol–water partition coefficient (Wildman–Crippen LogP) is 1.46. The van der Waals surface area contributed by atoms with Gasteiger partial charge in [-0.3, -0.25) is 4.90 Å². The van der Waals surface area contributed by atoms with Gasteiger partial charge in [-0.05, 0) is 58.0 Å². The third kappa shape index (κ3) is 6.44. The lowest BCUT2D eigenvalue weighted by molar-refractivity contribution is 0.123. The quantitative estimate of drug-likeness (QED) is 0.338. The van der Waals surface area contributed by atoms with Crippen LogP contribution in [0, 0.1) is 12.8 Å². The van der Waals surface area contributed by atoms with Crippen LogP contribution in [0.2, 0.25) is 0 Å². The molecule has 1 atom stereocenters. The monoisotopic (exact) mass is 391 g/mol. The number of nitrogens with one attached hydrogen (secondary N) is 2. The molecule has 2 N–H and O–H groups in total. The number of hydrogen-bond donors (Lipinski definition) is 2. The second-order valence-corrected chi connectivity index (χ2v) is 7.99. The second-order valence-electron chi connectivity index (χ2n) is 7.99. The fraction of sp³-hybridized carbons (Fsp3) is 0.850. The zero-order valence-corrected chi connectivity index (χ0v) is 17.8. The van der Waals surface area contributed by atoms with E-state index in [4.69, 9.17) is 9.73 Å². The Morgan fingerprint density at radius 3 is 2.82 bits per heavy atom. The summed E-state index contributed by atoms with van der Waals surface area (Å²) in [6.45, 7) is 10.6. The first-order valence-electron chi connectivity index (χ1n) is 10.9. The Labute approximate surface area is 169 Å². The maximum atomic E-state index is 5.73. The minimum absolute atomic E-state index is 0.521. The summed E-state index contributed by atoms with van der Waals surface area (Å²) in [5, 5.41) is 15.3. The van der Waals surface area contributed by atoms with Crippen LogP contribution in [0.1, 0.15) is 50.7 Å². The summed E-state index contributed by atoms with van der Waals surface area (Å²) in [6, 6.07) is 0.593. The third-order valence-electron chi connectivity index (χ3n) is 5.78. The van der Waals surface area contributed by atoms with Crippen molar-refractivity contribution in [2.75, 3.05) is 39.4 Å². The fourth-order valence-corrected chi connectivity index (χ4v) is 3.59. The van der Waals surface area contributed by atoms with Crippen molar-refractivity contribution in [2.45, 2.75) is 58.5 Å². The molecule has 1 saturated carbocycles. The number of ether oxygens (including phenoxy) is 1. The van der Waals surface area contributed by atoms with Gasteiger partial charge in [-0.2, -0.15) is 0 Å². The molecule has 1 unspecified atom stereocenters. The van der Waals surface area contributed by atoms with E-state index in [9.17, 15) is 0 Å². The van der Waals surface area contributed by atoms with Gasteiger partial charge in [0.05, 0.1) is 0 Å². The largest absolute Gasteiger partial charge is 0.381 e. The van der Waals surface area contributed by atoms with Gasteiger partial charge in [0.2, 0.25) is 0 Å². The maximum Gasteiger partial charge on any atom is 0.191 e. The van der Waals surface area contributed by atoms with Gasteiger partial charge in [0, 0.05) is 39.4 Å². The van der Waals surface area contributed by atoms with Crippen molar-refractivity contribution in [2.24, 2.45) is 18.0 Å². The smallest absolute Gasteiger partial charge is 0.191 e. The topological polar surface area (TPSA) is 79.6 Å². The number of nitrogens with zero attached hydrogens (tertiary/aromatic N) is 5. The highest BCUT2D eigenvalue weighted by molar-refractivity contribution is 5.79. The Hall–Kier alpha value is -1.67. The fourth-order valence-electron chi connectivity index (χ4n) is 3.59. The molecule has 0 spiro atoms. The van der Waals surface area contributed by atoms with Gasteiger partial charge in [-0.15, -0.1) is 10.2 Å². The van der Waals surface area contributed by atoms with E-state index in [0.29, 0.717) is 12.6 Å². The SMILES string of the molecule is CCN1CCCC1CNC(=NCc1nnc(C)n1C)NCCCOCC1CC1. The van der Waals surface area contributed by atoms with E-state index in [1.54, 1.807) is 0 Å². The molecular formula is C20H37N7O. The van der Waals surface area contributed by atoms with Crippen molar-refractivity contribution in [1.82, 2.24) is 30.3 Å². The summed E-state index contributed by atoms with van der Waals surface area (Å²) in [5.74, 6) is 3.47. The standard InChI is InChI=1S/C20H37N7O/c1-4-27-11-5-7-18(27)13-22-20(21-10-6-12-28-15-17-8-9-17)23-14-19-25-24-16(2)26(19)3/h17-18H,4-15H2,1-3H3,(H2,21,22,23). The molecule has 2 heterocycles. The molecule has 2 aliphatic rings. The van der Waals surface area contributed by atoms with Crippen molar-refractivity contribution in [3.05, 3.63) is 11.6 Å². The van der Waals surface area contributed by atoms with Crippen LogP contribution in [-0.4, -0.2) is 71.1 Å². The molecule has 0 radical (unpaired) electrons. The molecule has 158 valence electrons. The molecule has 3 rings (SSSR count). The number of guanidine groups is 1. The van der Waals surface area contributed by atoms with E-state index in [1.807, 2.05) is 18.5 Å². The van der Waals surface area contributed by atoms with E-state index < -0.39 is 0 Å². The van der Waals surface area contributed by atoms with Crippen molar-refractivity contribution < 1.29 is 4.74 Å². The van der Waals surface area contributed by atoms with Gasteiger partial charge in [0.1, 0.15) is 12.4 Å². The van der Waals surface area contributed by atoms with Gasteiger partial charge < -0.3 is 19.9 Å². The van der Waals surface area contributed by atoms with E-state index >= 15 is 0 Å². The first-order chi connectivity index (χ1) is 13.7. The lowest BCUT2D eigenvalue weighted by Gasteiger charge is -2.24. The summed E-state index contributed by atoms with van der Waals surface area (Å²) in [6.07, 6.45) is 6.22. The minimum Gasteiger partial charge on any atom is -0.381 e. The number of aliphatic imine (C=N–C) groups is 1. The van der Waals surface area contributed by atoms with Gasteiger partial charge in [0.15, 0.2) is 11.8 Å². The number of hydrogen-bond acceptors (Lipinski definition) is 5. The highest BCUT2D eigenvalue weighted by atomic mass is 16.5. The zero-order chi connectivity index (χ0) is 19.8. The van der Waals surface area contributed by atoms with Crippen molar-refractivity contribution in [3.63, 3.8) is 0 Å². The number of likely N-dealkylation sites (N-methyl/N-ethyl adjacent to an activating group) is 1. The highest BCUT2D eigenvalue weighted by Gasteiger charge is 2.23. The first-order valence-corrected chi connectivity index (χ1v) is 10.9. The van der Waals surface area contributed by atoms with Crippen LogP contribution in [0.4, 0.5) is 0 Å². The van der Waals surface area contributed by atoms with Crippen LogP contribution in [0.3, 0.4) is 0 Å². The van der Waals surface area contributed by atoms with Crippen LogP contribution in [-0.2, 0) is 18.3 Å². The average Bonchev–Trinajstić information content (AvgIpc) is 3.32. The Bertz CT molecular complexity index is 626. The lowest BCUT2D eigenvalue weighted by Crippen LogP contribution is -2.45. The van der Waals surface area contributed by atoms with Crippen molar-refractivity contribution in [1.29, 1.82) is 0 Å². The molecule has 0 amide bonds. The molecule has 28 heavy (non-hydrogen) atoms. The normalized spacial score (nSPS) is 20.7. The molecule has 8 heteroatoms. The molecule has 8 nitrogen and oxygen atoms in total. The first kappa shape index (κ1) is 21.0. The van der Waals surface area contributed by atoms with Crippen LogP contribution < -0.4 is 10.6 Å². The number of likely N-dealkylation sites (tertiary alicyclic amines) is 1. The second kappa shape index (κ2) is 10.8. The van der Waals surface area contributed by atoms with Crippen LogP contribution in [0.15, 0.2) is 4.99 Å². The molecule has 2 fully saturated rings. The zero-order valence-electron chi connectivity index (χ0n) is 17.8. The van der Waals surface area contributed by atoms with E-state index in [1.165, 1.54) is 32.2 Å². The molecule has 0 aromatic carbocycles. The Morgan fingerprint density at radius 1 is 1.25 bits per heavy atom. The van der Waals surface area contributed by atoms with Gasteiger partial charge in [0.25, 0.3) is 0 Å². The summed E-state index contributed by atoms with van der Waals surface area (Å²) in [5.41, 5.74) is 0. The van der Waals surface area contributed by atoms with Gasteiger partial charge >= 0.3 is 0 Å². The molecule has 1 aromatic heterocycles. The van der Waals surface area contributed by atoms with E-state index in [0.717, 1.165) is 62.8 Å². The Balaban J connectivity index is 1.46. The highest BCUT2D eigenvalue weighted by Crippen LogP contribution is 2.28. The third-order valence-corrected chi connectivity index (χ3v) is 5.78. The maximum absolute atomic E-state index is 5.73. The van der Waals surface area contributed by atoms with Gasteiger partial charge in [-0.25, -0.2) is 4.99 Å². The summed E-state index contributed by atoms with van der Waals surface area (Å²) in [7, 11) is 1.98. The van der Waals surface area contributed by atoms with Crippen molar-refractivity contribution in [3.8, 4) is 0 Å². The number of rotatable bonds is 11. The van der Waals surface area contributed by atoms with Crippen molar-refractivity contribution >= 4 is 5.96 Å². The van der Waals surface area contributed by atoms with Crippen LogP contribution in [0.25, 0.3) is 0 Å². The van der Waals surface area contributed by atoms with Crippen LogP contribution >= 0.6 is 0 Å². The predicted molar refractivity (Wildman–Crippen MR) is 111 cm³/mol. The molecule has 1 aromatic rings. The van der Waals surface area contributed by atoms with E-state index in [2.05, 4.69) is 32.7 Å². The minimum atomic E-state index is 0.521. The van der Waals surface area contributed by atoms with Gasteiger partial charge in [-0.1, -0.05) is 6.92 Å². The molecule has 0 bridgehead atoms. The Kier molecular flexibility index (Phi) is 8.09. The average molecular weight is 392 g/mol. The lowest BCUT2D eigenvalue weighted by atomic mass is 10.2. The number of aromatic nitrogens is 3. The summed E-state index contributed by atoms with van der Waals surface area (Å²) in [4.78, 5) is 7.29. The number of aryl methyl sites for hydroxylation is 1. The molecule has 1 aliphatic carbocycles. The summed E-state index contributed by atoms with van der Waals surface area (Å²) >= 11 is 0. The molecule has 1 aliphatic heterocycles. The molecule has 1 saturated heterocycles.